The predicted octanol–water partition coefficient (Wildman–Crippen LogP) is 13.1. The lowest BCUT2D eigenvalue weighted by atomic mass is 10.1. The molecule has 2 N–H and O–H groups in total. The Bertz CT molecular complexity index is 934. The first kappa shape index (κ1) is 50.0. The number of esters is 2. The third-order valence-corrected chi connectivity index (χ3v) is 13.7. The average molecular weight is 813 g/mol. The smallest absolute Gasteiger partial charge is 0.436 e. The zero-order valence-electron chi connectivity index (χ0n) is 32.1. The molecule has 0 atom stereocenters. The molecule has 0 radical (unpaired) electrons. The Morgan fingerprint density at radius 3 is 1.14 bits per heavy atom. The van der Waals surface area contributed by atoms with Gasteiger partial charge in [-0.2, -0.15) is 0 Å². The molecular formula is C38H68O6S6. The molecule has 0 saturated heterocycles. The highest BCUT2D eigenvalue weighted by Gasteiger charge is 2.48. The van der Waals surface area contributed by atoms with Crippen LogP contribution < -0.4 is 0 Å². The second-order valence-corrected chi connectivity index (χ2v) is 21.7. The molecule has 6 nitrogen and oxygen atoms in total. The van der Waals surface area contributed by atoms with Gasteiger partial charge in [-0.3, -0.25) is 9.59 Å². The van der Waals surface area contributed by atoms with Crippen molar-refractivity contribution < 1.29 is 29.3 Å². The van der Waals surface area contributed by atoms with E-state index in [1.54, 1.807) is 27.7 Å². The maximum atomic E-state index is 13.3. The highest BCUT2D eigenvalue weighted by Crippen LogP contribution is 2.37. The number of hydrogen-bond donors (Lipinski definition) is 2. The molecule has 0 aliphatic heterocycles. The third-order valence-electron chi connectivity index (χ3n) is 8.15. The molecule has 0 aliphatic carbocycles. The zero-order chi connectivity index (χ0) is 37.9. The summed E-state index contributed by atoms with van der Waals surface area (Å²) in [5.74, 6) is -3.85. The minimum absolute atomic E-state index is 0.583. The van der Waals surface area contributed by atoms with E-state index in [-0.39, 0.29) is 0 Å². The molecule has 0 aromatic heterocycles. The molecule has 12 heteroatoms. The quantitative estimate of drug-likeness (QED) is 0.0248. The molecule has 0 amide bonds. The first-order valence-electron chi connectivity index (χ1n) is 18.9. The monoisotopic (exact) mass is 812 g/mol. The third kappa shape index (κ3) is 24.4. The highest BCUT2D eigenvalue weighted by atomic mass is 32.2. The summed E-state index contributed by atoms with van der Waals surface area (Å²) >= 11 is 16.4. The zero-order valence-corrected chi connectivity index (χ0v) is 37.0. The fourth-order valence-corrected chi connectivity index (χ4v) is 10.9. The number of aliphatic hydroxyl groups excluding tert-OH is 1. The van der Waals surface area contributed by atoms with Crippen LogP contribution in [0.2, 0.25) is 0 Å². The number of carbonyl (C=O) groups excluding carboxylic acids is 2. The molecule has 0 rings (SSSR count). The summed E-state index contributed by atoms with van der Waals surface area (Å²) in [6.07, 6.45) is 26.3. The van der Waals surface area contributed by atoms with Crippen LogP contribution in [0.5, 0.6) is 0 Å². The van der Waals surface area contributed by atoms with Crippen LogP contribution in [0.3, 0.4) is 0 Å². The van der Waals surface area contributed by atoms with Gasteiger partial charge in [-0.15, -0.1) is 23.5 Å². The number of ether oxygens (including phenoxy) is 2. The van der Waals surface area contributed by atoms with E-state index in [2.05, 4.69) is 13.8 Å². The molecule has 0 aliphatic rings. The van der Waals surface area contributed by atoms with Crippen molar-refractivity contribution in [3.63, 3.8) is 0 Å². The molecule has 0 saturated carbocycles. The van der Waals surface area contributed by atoms with Gasteiger partial charge in [0.2, 0.25) is 5.76 Å². The van der Waals surface area contributed by atoms with Crippen molar-refractivity contribution in [1.82, 2.24) is 0 Å². The van der Waals surface area contributed by atoms with Gasteiger partial charge in [-0.1, -0.05) is 177 Å². The van der Waals surface area contributed by atoms with Crippen molar-refractivity contribution in [2.24, 2.45) is 0 Å². The lowest BCUT2D eigenvalue weighted by molar-refractivity contribution is -0.316. The van der Waals surface area contributed by atoms with Gasteiger partial charge in [0.05, 0.1) is 0 Å². The van der Waals surface area contributed by atoms with E-state index in [1.165, 1.54) is 133 Å². The van der Waals surface area contributed by atoms with Crippen LogP contribution in [0.4, 0.5) is 0 Å². The van der Waals surface area contributed by atoms with Gasteiger partial charge in [0.1, 0.15) is 16.6 Å². The van der Waals surface area contributed by atoms with Crippen molar-refractivity contribution >= 4 is 90.5 Å². The topological polar surface area (TPSA) is 93.1 Å². The van der Waals surface area contributed by atoms with E-state index < -0.39 is 33.2 Å². The van der Waals surface area contributed by atoms with Crippen LogP contribution in [0, 0.1) is 0 Å². The number of allylic oxidation sites excluding steroid dienone is 1. The minimum atomic E-state index is -2.99. The van der Waals surface area contributed by atoms with Crippen LogP contribution in [0.1, 0.15) is 177 Å². The van der Waals surface area contributed by atoms with Gasteiger partial charge in [-0.25, -0.2) is 0 Å². The van der Waals surface area contributed by atoms with Gasteiger partial charge in [0.15, 0.2) is 0 Å². The standard InChI is InChI=1S/C38H68O6S6/c1-8-11-13-15-17-19-21-23-25-27-29-47-34(45)49-36(4,5)32(40)43-38(42,31(39)10-3)44-33(41)37(6,7)50-35(46)48-30-28-26-24-22-20-18-16-14-12-9-2/h10,39,42H,8-9,11-30H2,1-7H3. The summed E-state index contributed by atoms with van der Waals surface area (Å²) in [7, 11) is 0. The molecular weight excluding hydrogens is 745 g/mol. The summed E-state index contributed by atoms with van der Waals surface area (Å²) < 4.78 is 9.34. The lowest BCUT2D eigenvalue weighted by Gasteiger charge is -2.32. The summed E-state index contributed by atoms with van der Waals surface area (Å²) in [6, 6.07) is 0. The molecule has 0 spiro atoms. The maximum absolute atomic E-state index is 13.3. The summed E-state index contributed by atoms with van der Waals surface area (Å²) in [5.41, 5.74) is 0. The van der Waals surface area contributed by atoms with E-state index in [0.717, 1.165) is 66.8 Å². The second-order valence-electron chi connectivity index (χ2n) is 13.8. The van der Waals surface area contributed by atoms with E-state index in [4.69, 9.17) is 33.9 Å². The minimum Gasteiger partial charge on any atom is -0.503 e. The fraction of sp³-hybridized carbons (Fsp3) is 0.842. The van der Waals surface area contributed by atoms with Crippen LogP contribution in [0.15, 0.2) is 11.8 Å². The summed E-state index contributed by atoms with van der Waals surface area (Å²) in [6.45, 7) is 12.4. The molecule has 0 bridgehead atoms. The Balaban J connectivity index is 4.73. The van der Waals surface area contributed by atoms with Crippen LogP contribution in [-0.4, -0.2) is 56.2 Å². The van der Waals surface area contributed by atoms with Crippen molar-refractivity contribution in [1.29, 1.82) is 0 Å². The molecule has 0 aromatic rings. The van der Waals surface area contributed by atoms with Gasteiger partial charge >= 0.3 is 17.9 Å². The number of hydrogen-bond acceptors (Lipinski definition) is 12. The fourth-order valence-electron chi connectivity index (χ4n) is 4.85. The number of unbranched alkanes of at least 4 members (excludes halogenated alkanes) is 18. The first-order valence-corrected chi connectivity index (χ1v) is 23.3. The number of rotatable bonds is 29. The maximum Gasteiger partial charge on any atom is 0.436 e. The Morgan fingerprint density at radius 1 is 0.580 bits per heavy atom. The Kier molecular flexibility index (Phi) is 29.4. The normalized spacial score (nSPS) is 12.6. The predicted molar refractivity (Wildman–Crippen MR) is 231 cm³/mol. The number of aliphatic hydroxyl groups is 2. The van der Waals surface area contributed by atoms with Crippen LogP contribution in [0.25, 0.3) is 0 Å². The van der Waals surface area contributed by atoms with Gasteiger partial charge in [-0.05, 0) is 65.0 Å². The number of thiocarbonyl (C=S) groups is 2. The second kappa shape index (κ2) is 29.4. The van der Waals surface area contributed by atoms with E-state index in [1.807, 2.05) is 0 Å². The van der Waals surface area contributed by atoms with Crippen molar-refractivity contribution in [3.05, 3.63) is 11.8 Å². The highest BCUT2D eigenvalue weighted by molar-refractivity contribution is 8.48. The Labute approximate surface area is 333 Å². The largest absolute Gasteiger partial charge is 0.503 e. The van der Waals surface area contributed by atoms with E-state index >= 15 is 0 Å². The lowest BCUT2D eigenvalue weighted by Crippen LogP contribution is -2.49. The van der Waals surface area contributed by atoms with E-state index in [0.29, 0.717) is 7.06 Å². The van der Waals surface area contributed by atoms with Gasteiger partial charge in [0, 0.05) is 0 Å². The first-order chi connectivity index (χ1) is 23.6. The average Bonchev–Trinajstić information content (AvgIpc) is 3.05. The molecule has 0 unspecified atom stereocenters. The van der Waals surface area contributed by atoms with Crippen molar-refractivity contribution in [2.45, 2.75) is 192 Å². The molecule has 50 heavy (non-hydrogen) atoms. The number of thioether (sulfide) groups is 4. The molecule has 0 aromatic carbocycles. The van der Waals surface area contributed by atoms with Gasteiger partial charge in [0.25, 0.3) is 0 Å². The summed E-state index contributed by atoms with van der Waals surface area (Å²) in [5, 5.41) is 21.6. The van der Waals surface area contributed by atoms with E-state index in [9.17, 15) is 19.8 Å². The number of carbonyl (C=O) groups is 2. The Morgan fingerprint density at radius 2 is 0.860 bits per heavy atom. The summed E-state index contributed by atoms with van der Waals surface area (Å²) in [4.78, 5) is 26.5. The molecule has 0 heterocycles. The van der Waals surface area contributed by atoms with Crippen molar-refractivity contribution in [2.75, 3.05) is 11.5 Å². The van der Waals surface area contributed by atoms with Gasteiger partial charge < -0.3 is 19.7 Å². The van der Waals surface area contributed by atoms with Crippen molar-refractivity contribution in [3.8, 4) is 0 Å². The Hall–Kier alpha value is 0.0200. The van der Waals surface area contributed by atoms with Crippen LogP contribution >= 0.6 is 71.5 Å². The SMILES string of the molecule is CC=C(O)C(O)(OC(=O)C(C)(C)SC(=S)SCCCCCCCCCCCC)OC(=O)C(C)(C)SC(=S)SCCCCCCCCCCCC. The molecule has 0 fully saturated rings. The molecule has 292 valence electrons. The van der Waals surface area contributed by atoms with Crippen LogP contribution in [-0.2, 0) is 19.1 Å².